The molecule has 0 radical (unpaired) electrons. The van der Waals surface area contributed by atoms with E-state index in [1.165, 1.54) is 11.8 Å². The first-order valence-electron chi connectivity index (χ1n) is 10.0. The van der Waals surface area contributed by atoms with Gasteiger partial charge in [0.25, 0.3) is 5.56 Å². The fourth-order valence-corrected chi connectivity index (χ4v) is 4.21. The molecule has 0 saturated heterocycles. The number of thioether (sulfide) groups is 1. The first-order valence-corrected chi connectivity index (χ1v) is 11.0. The summed E-state index contributed by atoms with van der Waals surface area (Å²) in [6.45, 7) is 7.88. The molecule has 0 bridgehead atoms. The van der Waals surface area contributed by atoms with Gasteiger partial charge in [0.15, 0.2) is 5.16 Å². The van der Waals surface area contributed by atoms with Crippen molar-refractivity contribution >= 4 is 34.4 Å². The number of amides is 1. The molecule has 0 atom stereocenters. The lowest BCUT2D eigenvalue weighted by Crippen LogP contribution is -2.23. The number of carbonyl (C=O) groups excluding carboxylic acids is 1. The average molecular weight is 433 g/mol. The van der Waals surface area contributed by atoms with E-state index < -0.39 is 0 Å². The molecule has 0 fully saturated rings. The van der Waals surface area contributed by atoms with Crippen molar-refractivity contribution in [1.29, 1.82) is 0 Å². The van der Waals surface area contributed by atoms with Crippen LogP contribution in [0.4, 0.5) is 5.69 Å². The van der Waals surface area contributed by atoms with Gasteiger partial charge in [-0.3, -0.25) is 14.2 Å². The standard InChI is InChI=1S/C24H24N4O2S/c1-14-8-10-18(11-9-14)28-23(30)22-20(12-16(3)25-22)27-24(28)31-13-21(29)26-19-7-5-6-15(2)17(19)4/h5-12,25H,13H2,1-4H3,(H,26,29). The molecule has 6 nitrogen and oxygen atoms in total. The van der Waals surface area contributed by atoms with Crippen LogP contribution in [0.25, 0.3) is 16.7 Å². The fraction of sp³-hybridized carbons (Fsp3) is 0.208. The maximum Gasteiger partial charge on any atom is 0.283 e. The number of hydrogen-bond acceptors (Lipinski definition) is 4. The van der Waals surface area contributed by atoms with Crippen LogP contribution in [0.1, 0.15) is 22.4 Å². The van der Waals surface area contributed by atoms with Crippen molar-refractivity contribution < 1.29 is 4.79 Å². The smallest absolute Gasteiger partial charge is 0.283 e. The zero-order valence-electron chi connectivity index (χ0n) is 17.9. The summed E-state index contributed by atoms with van der Waals surface area (Å²) in [4.78, 5) is 33.7. The normalized spacial score (nSPS) is 11.1. The minimum absolute atomic E-state index is 0.139. The highest BCUT2D eigenvalue weighted by Crippen LogP contribution is 2.23. The summed E-state index contributed by atoms with van der Waals surface area (Å²) in [6, 6.07) is 15.3. The Morgan fingerprint density at radius 3 is 2.58 bits per heavy atom. The SMILES string of the molecule is Cc1ccc(-n2c(SCC(=O)Nc3cccc(C)c3C)nc3cc(C)[nH]c3c2=O)cc1. The van der Waals surface area contributed by atoms with Crippen molar-refractivity contribution in [2.45, 2.75) is 32.9 Å². The lowest BCUT2D eigenvalue weighted by molar-refractivity contribution is -0.113. The van der Waals surface area contributed by atoms with Gasteiger partial charge in [-0.15, -0.1) is 0 Å². The quantitative estimate of drug-likeness (QED) is 0.355. The van der Waals surface area contributed by atoms with E-state index in [1.54, 1.807) is 4.57 Å². The third-order valence-corrected chi connectivity index (χ3v) is 6.20. The van der Waals surface area contributed by atoms with Crippen molar-refractivity contribution in [2.75, 3.05) is 11.1 Å². The molecular weight excluding hydrogens is 408 g/mol. The Morgan fingerprint density at radius 1 is 1.10 bits per heavy atom. The van der Waals surface area contributed by atoms with Crippen LogP contribution < -0.4 is 10.9 Å². The Kier molecular flexibility index (Phi) is 5.69. The number of rotatable bonds is 5. The Balaban J connectivity index is 1.67. The molecule has 0 aliphatic carbocycles. The van der Waals surface area contributed by atoms with Gasteiger partial charge in [-0.05, 0) is 63.1 Å². The molecule has 0 saturated carbocycles. The number of anilines is 1. The number of aromatic amines is 1. The number of aryl methyl sites for hydroxylation is 3. The van der Waals surface area contributed by atoms with Gasteiger partial charge in [0.05, 0.1) is 17.0 Å². The molecule has 0 aliphatic rings. The molecule has 2 aromatic heterocycles. The van der Waals surface area contributed by atoms with Gasteiger partial charge in [-0.2, -0.15) is 0 Å². The molecule has 7 heteroatoms. The van der Waals surface area contributed by atoms with E-state index in [2.05, 4.69) is 15.3 Å². The summed E-state index contributed by atoms with van der Waals surface area (Å²) >= 11 is 1.25. The van der Waals surface area contributed by atoms with Crippen molar-refractivity contribution in [1.82, 2.24) is 14.5 Å². The molecule has 2 aromatic carbocycles. The van der Waals surface area contributed by atoms with Gasteiger partial charge in [0, 0.05) is 11.4 Å². The highest BCUT2D eigenvalue weighted by molar-refractivity contribution is 7.99. The molecule has 31 heavy (non-hydrogen) atoms. The topological polar surface area (TPSA) is 79.8 Å². The first kappa shape index (κ1) is 20.9. The highest BCUT2D eigenvalue weighted by Gasteiger charge is 2.16. The summed E-state index contributed by atoms with van der Waals surface area (Å²) in [5.41, 5.74) is 6.52. The van der Waals surface area contributed by atoms with E-state index >= 15 is 0 Å². The second-order valence-electron chi connectivity index (χ2n) is 7.67. The second kappa shape index (κ2) is 8.43. The predicted molar refractivity (Wildman–Crippen MR) is 126 cm³/mol. The number of nitrogens with zero attached hydrogens (tertiary/aromatic N) is 2. The van der Waals surface area contributed by atoms with Gasteiger partial charge in [0.1, 0.15) is 5.52 Å². The van der Waals surface area contributed by atoms with Gasteiger partial charge in [-0.1, -0.05) is 41.6 Å². The van der Waals surface area contributed by atoms with Gasteiger partial charge in [-0.25, -0.2) is 4.98 Å². The molecule has 0 aliphatic heterocycles. The maximum atomic E-state index is 13.2. The van der Waals surface area contributed by atoms with Gasteiger partial charge >= 0.3 is 0 Å². The molecule has 158 valence electrons. The Morgan fingerprint density at radius 2 is 1.84 bits per heavy atom. The van der Waals surface area contributed by atoms with Crippen molar-refractivity contribution in [3.8, 4) is 5.69 Å². The second-order valence-corrected chi connectivity index (χ2v) is 8.61. The lowest BCUT2D eigenvalue weighted by Gasteiger charge is -2.13. The van der Waals surface area contributed by atoms with Crippen LogP contribution >= 0.6 is 11.8 Å². The molecule has 1 amide bonds. The minimum atomic E-state index is -0.181. The zero-order valence-corrected chi connectivity index (χ0v) is 18.8. The van der Waals surface area contributed by atoms with E-state index in [-0.39, 0.29) is 17.2 Å². The van der Waals surface area contributed by atoms with E-state index in [4.69, 9.17) is 0 Å². The van der Waals surface area contributed by atoms with Crippen LogP contribution in [-0.2, 0) is 4.79 Å². The Labute approximate surface area is 184 Å². The number of aromatic nitrogens is 3. The largest absolute Gasteiger partial charge is 0.353 e. The molecule has 2 heterocycles. The molecule has 4 aromatic rings. The number of H-pyrrole nitrogens is 1. The van der Waals surface area contributed by atoms with Crippen LogP contribution in [0.15, 0.2) is 58.5 Å². The summed E-state index contributed by atoms with van der Waals surface area (Å²) in [6.07, 6.45) is 0. The number of nitrogens with one attached hydrogen (secondary N) is 2. The fourth-order valence-electron chi connectivity index (χ4n) is 3.40. The first-order chi connectivity index (χ1) is 14.8. The van der Waals surface area contributed by atoms with E-state index in [1.807, 2.05) is 76.2 Å². The molecule has 0 unspecified atom stereocenters. The molecule has 4 rings (SSSR count). The Hall–Kier alpha value is -3.32. The molecular formula is C24H24N4O2S. The zero-order chi connectivity index (χ0) is 22.1. The number of fused-ring (bicyclic) bond motifs is 1. The molecule has 2 N–H and O–H groups in total. The van der Waals surface area contributed by atoms with E-state index in [0.717, 1.165) is 33.8 Å². The summed E-state index contributed by atoms with van der Waals surface area (Å²) < 4.78 is 1.56. The van der Waals surface area contributed by atoms with Gasteiger partial charge < -0.3 is 10.3 Å². The van der Waals surface area contributed by atoms with Crippen molar-refractivity contribution in [2.24, 2.45) is 0 Å². The lowest BCUT2D eigenvalue weighted by atomic mass is 10.1. The van der Waals surface area contributed by atoms with Crippen LogP contribution in [-0.4, -0.2) is 26.2 Å². The number of benzene rings is 2. The van der Waals surface area contributed by atoms with Crippen molar-refractivity contribution in [3.63, 3.8) is 0 Å². The maximum absolute atomic E-state index is 13.2. The van der Waals surface area contributed by atoms with Gasteiger partial charge in [0.2, 0.25) is 5.91 Å². The summed E-state index contributed by atoms with van der Waals surface area (Å²) in [5.74, 6) is -0.00520. The monoisotopic (exact) mass is 432 g/mol. The summed E-state index contributed by atoms with van der Waals surface area (Å²) in [5, 5.41) is 3.45. The molecule has 0 spiro atoms. The van der Waals surface area contributed by atoms with E-state index in [9.17, 15) is 9.59 Å². The van der Waals surface area contributed by atoms with Crippen LogP contribution in [0.3, 0.4) is 0 Å². The van der Waals surface area contributed by atoms with Crippen LogP contribution in [0.5, 0.6) is 0 Å². The number of carbonyl (C=O) groups is 1. The van der Waals surface area contributed by atoms with Crippen LogP contribution in [0.2, 0.25) is 0 Å². The number of hydrogen-bond donors (Lipinski definition) is 2. The minimum Gasteiger partial charge on any atom is -0.353 e. The third kappa shape index (κ3) is 4.27. The Bertz CT molecular complexity index is 1340. The third-order valence-electron chi connectivity index (χ3n) is 5.26. The van der Waals surface area contributed by atoms with Crippen LogP contribution in [0, 0.1) is 27.7 Å². The average Bonchev–Trinajstić information content (AvgIpc) is 3.11. The summed E-state index contributed by atoms with van der Waals surface area (Å²) in [7, 11) is 0. The highest BCUT2D eigenvalue weighted by atomic mass is 32.2. The van der Waals surface area contributed by atoms with E-state index in [0.29, 0.717) is 16.2 Å². The van der Waals surface area contributed by atoms with Crippen molar-refractivity contribution in [3.05, 3.63) is 81.3 Å². The predicted octanol–water partition coefficient (Wildman–Crippen LogP) is 4.68.